The number of cyclic esters (lactones) is 1. The molecule has 1 amide bonds. The first-order valence-corrected chi connectivity index (χ1v) is 26.1. The van der Waals surface area contributed by atoms with Crippen LogP contribution in [-0.2, 0) is 42.8 Å². The van der Waals surface area contributed by atoms with E-state index in [2.05, 4.69) is 31.3 Å². The van der Waals surface area contributed by atoms with Crippen molar-refractivity contribution < 1.29 is 68.4 Å². The van der Waals surface area contributed by atoms with Crippen molar-refractivity contribution in [3.8, 4) is 0 Å². The Balaban J connectivity index is 1.19. The summed E-state index contributed by atoms with van der Waals surface area (Å²) in [5.74, 6) is -2.10. The number of halogens is 1. The van der Waals surface area contributed by atoms with E-state index in [1.165, 1.54) is 14.0 Å². The van der Waals surface area contributed by atoms with E-state index in [4.69, 9.17) is 33.3 Å². The van der Waals surface area contributed by atoms with Gasteiger partial charge in [-0.2, -0.15) is 0 Å². The minimum atomic E-state index is -1.83. The van der Waals surface area contributed by atoms with Gasteiger partial charge < -0.3 is 73.9 Å². The van der Waals surface area contributed by atoms with E-state index >= 15 is 0 Å². The van der Waals surface area contributed by atoms with Gasteiger partial charge in [0.1, 0.15) is 36.1 Å². The first kappa shape index (κ1) is 56.9. The molecule has 1 saturated carbocycles. The van der Waals surface area contributed by atoms with Crippen molar-refractivity contribution in [3.05, 3.63) is 34.3 Å². The number of hydrogen-bond donors (Lipinski definition) is 6. The van der Waals surface area contributed by atoms with E-state index in [1.54, 1.807) is 41.5 Å². The lowest BCUT2D eigenvalue weighted by atomic mass is 9.83. The van der Waals surface area contributed by atoms with Gasteiger partial charge in [0.25, 0.3) is 0 Å². The van der Waals surface area contributed by atoms with E-state index in [0.29, 0.717) is 38.9 Å². The van der Waals surface area contributed by atoms with Gasteiger partial charge in [0.15, 0.2) is 12.6 Å². The Bertz CT molecular complexity index is 1930. The Morgan fingerprint density at radius 1 is 0.986 bits per heavy atom. The van der Waals surface area contributed by atoms with Crippen molar-refractivity contribution in [2.75, 3.05) is 40.8 Å². The summed E-state index contributed by atoms with van der Waals surface area (Å²) >= 11 is 3.46. The predicted molar refractivity (Wildman–Crippen MR) is 263 cm³/mol. The van der Waals surface area contributed by atoms with Crippen LogP contribution in [0.5, 0.6) is 0 Å². The quantitative estimate of drug-likeness (QED) is 0.155. The second kappa shape index (κ2) is 23.4. The molecule has 4 heterocycles. The van der Waals surface area contributed by atoms with E-state index < -0.39 is 96.1 Å². The molecule has 3 saturated heterocycles. The van der Waals surface area contributed by atoms with Gasteiger partial charge in [0.05, 0.1) is 53.8 Å². The molecule has 398 valence electrons. The first-order chi connectivity index (χ1) is 32.8. The fourth-order valence-electron chi connectivity index (χ4n) is 11.0. The van der Waals surface area contributed by atoms with Crippen LogP contribution in [0, 0.1) is 23.7 Å². The lowest BCUT2D eigenvalue weighted by Crippen LogP contribution is -2.59. The summed E-state index contributed by atoms with van der Waals surface area (Å²) in [6.07, 6.45) is -8.04. The number of nitrogens with one attached hydrogen (secondary N) is 1. The number of nitrogens with zero attached hydrogens (tertiary/aromatic N) is 3. The molecule has 1 aromatic rings. The number of carbonyl (C=O) groups is 2. The Morgan fingerprint density at radius 2 is 1.67 bits per heavy atom. The van der Waals surface area contributed by atoms with Gasteiger partial charge in [-0.05, 0) is 118 Å². The third-order valence-electron chi connectivity index (χ3n) is 15.9. The topological polar surface area (TPSA) is 231 Å². The number of methoxy groups -OCH3 is 1. The fraction of sp³-hybridized carbons (Fsp3) is 0.824. The number of carbonyl (C=O) groups excluding carboxylic acids is 2. The second-order valence-electron chi connectivity index (χ2n) is 22.0. The number of oxime groups is 1. The molecule has 0 radical (unpaired) electrons. The molecule has 0 bridgehead atoms. The molecule has 5 aliphatic rings. The fourth-order valence-corrected chi connectivity index (χ4v) is 11.3. The van der Waals surface area contributed by atoms with Gasteiger partial charge >= 0.3 is 5.97 Å². The van der Waals surface area contributed by atoms with Gasteiger partial charge in [-0.3, -0.25) is 9.59 Å². The van der Waals surface area contributed by atoms with Crippen molar-refractivity contribution in [2.24, 2.45) is 28.8 Å². The Hall–Kier alpha value is -2.37. The molecule has 4 aliphatic heterocycles. The van der Waals surface area contributed by atoms with Crippen LogP contribution in [0.1, 0.15) is 113 Å². The van der Waals surface area contributed by atoms with Crippen LogP contribution in [-0.4, -0.2) is 190 Å². The van der Waals surface area contributed by atoms with Gasteiger partial charge in [-0.1, -0.05) is 47.1 Å². The zero-order chi connectivity index (χ0) is 51.6. The smallest absolute Gasteiger partial charge is 0.311 e. The molecule has 0 aromatic heterocycles. The van der Waals surface area contributed by atoms with Crippen LogP contribution in [0.4, 0.5) is 0 Å². The third-order valence-corrected chi connectivity index (χ3v) is 16.5. The summed E-state index contributed by atoms with van der Waals surface area (Å²) in [6.45, 7) is 17.0. The van der Waals surface area contributed by atoms with Crippen molar-refractivity contribution in [3.63, 3.8) is 0 Å². The van der Waals surface area contributed by atoms with Crippen molar-refractivity contribution in [2.45, 2.75) is 204 Å². The molecule has 6 rings (SSSR count). The monoisotopic (exact) mass is 1050 g/mol. The maximum absolute atomic E-state index is 14.3. The molecule has 1 aromatic carbocycles. The third kappa shape index (κ3) is 13.5. The zero-order valence-corrected chi connectivity index (χ0v) is 44.9. The summed E-state index contributed by atoms with van der Waals surface area (Å²) in [4.78, 5) is 37.3. The van der Waals surface area contributed by atoms with Crippen molar-refractivity contribution in [1.82, 2.24) is 15.1 Å². The molecule has 6 N–H and O–H groups in total. The van der Waals surface area contributed by atoms with E-state index in [9.17, 15) is 35.1 Å². The first-order valence-electron chi connectivity index (χ1n) is 25.3. The SMILES string of the molecule is CC[C@H]1OC(=O)[C@H](C)[C@@H](O[C@H]2C[C@@](C)(OC)[C@@H](O)[C@H](C)O2)C[C@@H](O[C@@H]2O[C@H](C)CC(N(C)C[C@@H]3C[C@H]3C(=O)NC[C@H]3CC(c4ccc(Br)cc4)=NO3)[C@H]2O)[C@](C)(O)C[C@@H](C)CN(C)[C@H](C)[C@@H](O)[C@]1(C)O. The van der Waals surface area contributed by atoms with E-state index in [0.717, 1.165) is 15.7 Å². The average molecular weight is 1060 g/mol. The van der Waals surface area contributed by atoms with E-state index in [1.807, 2.05) is 57.1 Å². The minimum Gasteiger partial charge on any atom is -0.459 e. The van der Waals surface area contributed by atoms with Crippen molar-refractivity contribution >= 4 is 33.5 Å². The van der Waals surface area contributed by atoms with Crippen LogP contribution >= 0.6 is 15.9 Å². The van der Waals surface area contributed by atoms with Crippen LogP contribution in [0.2, 0.25) is 0 Å². The van der Waals surface area contributed by atoms with Crippen LogP contribution in [0.25, 0.3) is 0 Å². The van der Waals surface area contributed by atoms with Gasteiger partial charge in [0, 0.05) is 61.9 Å². The molecule has 1 unspecified atom stereocenters. The highest BCUT2D eigenvalue weighted by atomic mass is 79.9. The highest BCUT2D eigenvalue weighted by Gasteiger charge is 2.52. The number of likely N-dealkylation sites (N-methyl/N-ethyl adjacent to an activating group) is 2. The lowest BCUT2D eigenvalue weighted by Gasteiger charge is -2.47. The van der Waals surface area contributed by atoms with Crippen LogP contribution < -0.4 is 5.32 Å². The highest BCUT2D eigenvalue weighted by Crippen LogP contribution is 2.42. The molecule has 0 spiro atoms. The molecule has 19 heteroatoms. The molecular formula is C51H83BrN4O14. The largest absolute Gasteiger partial charge is 0.459 e. The molecule has 4 fully saturated rings. The summed E-state index contributed by atoms with van der Waals surface area (Å²) in [5, 5.41) is 66.6. The number of aliphatic hydroxyl groups excluding tert-OH is 3. The summed E-state index contributed by atoms with van der Waals surface area (Å²) in [5.41, 5.74) is -2.68. The minimum absolute atomic E-state index is 0.0412. The number of aliphatic hydroxyl groups is 5. The number of rotatable bonds is 13. The highest BCUT2D eigenvalue weighted by molar-refractivity contribution is 9.10. The molecule has 1 aliphatic carbocycles. The Morgan fingerprint density at radius 3 is 2.33 bits per heavy atom. The number of amides is 1. The normalized spacial score (nSPS) is 43.6. The standard InChI is InChI=1S/C51H83BrN4O14/c1-13-40-51(9,63)44(58)30(5)55(10)25-27(2)22-49(7,62)41(21-39(29(4)47(61)68-40)67-42-23-50(8,64-12)45(59)31(6)66-42)69-48-43(57)38(18-28(3)65-48)56(11)26-33-19-36(33)46(60)53-24-35-20-37(54-70-35)32-14-16-34(52)17-15-32/h14-17,27-31,33,35-36,38-45,48,57-59,62-63H,13,18-26H2,1-12H3,(H,53,60)/t27-,28-,29-,30-,31+,33+,35-,36-,38?,39+,40-,41-,42+,43-,44-,45+,48+,49-,50-,51-/m1/s1. The Labute approximate surface area is 423 Å². The van der Waals surface area contributed by atoms with Gasteiger partial charge in [-0.15, -0.1) is 0 Å². The second-order valence-corrected chi connectivity index (χ2v) is 22.9. The predicted octanol–water partition coefficient (Wildman–Crippen LogP) is 3.73. The molecule has 70 heavy (non-hydrogen) atoms. The van der Waals surface area contributed by atoms with Gasteiger partial charge in [-0.25, -0.2) is 0 Å². The average Bonchev–Trinajstić information content (AvgIpc) is 3.91. The van der Waals surface area contributed by atoms with Crippen LogP contribution in [0.3, 0.4) is 0 Å². The molecular weight excluding hydrogens is 972 g/mol. The molecule has 18 nitrogen and oxygen atoms in total. The van der Waals surface area contributed by atoms with Crippen molar-refractivity contribution in [1.29, 1.82) is 0 Å². The van der Waals surface area contributed by atoms with Crippen LogP contribution in [0.15, 0.2) is 33.9 Å². The number of hydrogen-bond acceptors (Lipinski definition) is 17. The van der Waals surface area contributed by atoms with E-state index in [-0.39, 0.29) is 61.6 Å². The summed E-state index contributed by atoms with van der Waals surface area (Å²) in [6, 6.07) is 6.86. The number of benzene rings is 1. The number of ether oxygens (including phenoxy) is 6. The summed E-state index contributed by atoms with van der Waals surface area (Å²) < 4.78 is 38.9. The zero-order valence-electron chi connectivity index (χ0n) is 43.3. The number of esters is 1. The Kier molecular flexibility index (Phi) is 19.1. The van der Waals surface area contributed by atoms with Gasteiger partial charge in [0.2, 0.25) is 5.91 Å². The maximum Gasteiger partial charge on any atom is 0.311 e. The molecule has 20 atom stereocenters. The maximum atomic E-state index is 14.3. The lowest BCUT2D eigenvalue weighted by molar-refractivity contribution is -0.308. The summed E-state index contributed by atoms with van der Waals surface area (Å²) in [7, 11) is 5.26.